The number of hydrogen-bond donors (Lipinski definition) is 4. The maximum absolute atomic E-state index is 12.9. The molecule has 34 heavy (non-hydrogen) atoms. The standard InChI is InChI=1S/C23H30N6O4S/c1-28-12-14-29(15-13-28)11-5-4-10-24-22(30)18-6-2-3-7-19(18)27-34(32,33)17-8-9-20-21(16-17)26-23(31)25-20/h2-3,6-9,16,27H,4-5,10-15H2,1H3,(H,24,30)(H2,25,26,31). The molecule has 4 N–H and O–H groups in total. The summed E-state index contributed by atoms with van der Waals surface area (Å²) in [5.74, 6) is -0.330. The number of sulfonamides is 1. The van der Waals surface area contributed by atoms with Crippen molar-refractivity contribution in [3.63, 3.8) is 0 Å². The number of fused-ring (bicyclic) bond motifs is 1. The highest BCUT2D eigenvalue weighted by Gasteiger charge is 2.19. The Morgan fingerprint density at radius 3 is 2.53 bits per heavy atom. The number of carbonyl (C=O) groups is 1. The summed E-state index contributed by atoms with van der Waals surface area (Å²) in [7, 11) is -1.84. The van der Waals surface area contributed by atoms with Crippen molar-refractivity contribution in [1.82, 2.24) is 25.1 Å². The molecule has 2 aromatic carbocycles. The quantitative estimate of drug-likeness (QED) is 0.339. The van der Waals surface area contributed by atoms with Crippen LogP contribution in [-0.2, 0) is 10.0 Å². The van der Waals surface area contributed by atoms with Crippen LogP contribution in [0.2, 0.25) is 0 Å². The van der Waals surface area contributed by atoms with Crippen molar-refractivity contribution in [2.75, 3.05) is 51.0 Å². The molecular formula is C23H30N6O4S. The molecule has 1 amide bonds. The van der Waals surface area contributed by atoms with E-state index in [2.05, 4.69) is 36.9 Å². The number of carbonyl (C=O) groups excluding carboxylic acids is 1. The fourth-order valence-electron chi connectivity index (χ4n) is 3.98. The van der Waals surface area contributed by atoms with E-state index in [1.54, 1.807) is 24.3 Å². The minimum absolute atomic E-state index is 0.0191. The number of nitrogens with one attached hydrogen (secondary N) is 4. The van der Waals surface area contributed by atoms with Crippen LogP contribution in [0.5, 0.6) is 0 Å². The molecule has 1 fully saturated rings. The molecule has 1 aliphatic rings. The number of likely N-dealkylation sites (N-methyl/N-ethyl adjacent to an activating group) is 1. The number of hydrogen-bond acceptors (Lipinski definition) is 6. The van der Waals surface area contributed by atoms with Gasteiger partial charge in [0, 0.05) is 32.7 Å². The van der Waals surface area contributed by atoms with Gasteiger partial charge in [0.05, 0.1) is 27.2 Å². The van der Waals surface area contributed by atoms with Gasteiger partial charge >= 0.3 is 5.69 Å². The molecule has 0 aliphatic carbocycles. The van der Waals surface area contributed by atoms with E-state index in [1.807, 2.05) is 0 Å². The number of para-hydroxylation sites is 1. The average molecular weight is 487 g/mol. The zero-order chi connectivity index (χ0) is 24.1. The number of piperazine rings is 1. The molecule has 0 unspecified atom stereocenters. The van der Waals surface area contributed by atoms with Crippen molar-refractivity contribution in [2.45, 2.75) is 17.7 Å². The summed E-state index contributed by atoms with van der Waals surface area (Å²) in [4.78, 5) is 34.1. The smallest absolute Gasteiger partial charge is 0.323 e. The van der Waals surface area contributed by atoms with Crippen LogP contribution in [0, 0.1) is 0 Å². The van der Waals surface area contributed by atoms with Crippen molar-refractivity contribution in [3.05, 3.63) is 58.5 Å². The number of aromatic nitrogens is 2. The maximum atomic E-state index is 12.9. The van der Waals surface area contributed by atoms with Gasteiger partial charge in [-0.15, -0.1) is 0 Å². The SMILES string of the molecule is CN1CCN(CCCCNC(=O)c2ccccc2NS(=O)(=O)c2ccc3[nH]c(=O)[nH]c3c2)CC1. The number of rotatable bonds is 9. The van der Waals surface area contributed by atoms with Gasteiger partial charge in [0.25, 0.3) is 15.9 Å². The highest BCUT2D eigenvalue weighted by atomic mass is 32.2. The Labute approximate surface area is 198 Å². The van der Waals surface area contributed by atoms with Crippen LogP contribution in [0.15, 0.2) is 52.2 Å². The van der Waals surface area contributed by atoms with Gasteiger partial charge in [0.15, 0.2) is 0 Å². The Kier molecular flexibility index (Phi) is 7.35. The first-order valence-electron chi connectivity index (χ1n) is 11.3. The first-order valence-corrected chi connectivity index (χ1v) is 12.8. The fourth-order valence-corrected chi connectivity index (χ4v) is 5.09. The van der Waals surface area contributed by atoms with E-state index < -0.39 is 15.7 Å². The molecule has 1 aliphatic heterocycles. The summed E-state index contributed by atoms with van der Waals surface area (Å²) in [5.41, 5.74) is 0.927. The summed E-state index contributed by atoms with van der Waals surface area (Å²) in [6.45, 7) is 5.84. The third-order valence-electron chi connectivity index (χ3n) is 6.00. The minimum Gasteiger partial charge on any atom is -0.352 e. The molecule has 2 heterocycles. The fraction of sp³-hybridized carbons (Fsp3) is 0.391. The average Bonchev–Trinajstić information content (AvgIpc) is 3.19. The normalized spacial score (nSPS) is 15.4. The lowest BCUT2D eigenvalue weighted by Crippen LogP contribution is -2.44. The van der Waals surface area contributed by atoms with Gasteiger partial charge in [0.1, 0.15) is 0 Å². The Morgan fingerprint density at radius 1 is 1.00 bits per heavy atom. The van der Waals surface area contributed by atoms with E-state index in [4.69, 9.17) is 0 Å². The Hall–Kier alpha value is -3.15. The second-order valence-corrected chi connectivity index (χ2v) is 10.2. The molecular weight excluding hydrogens is 456 g/mol. The molecule has 0 bridgehead atoms. The molecule has 0 atom stereocenters. The number of imidazole rings is 1. The van der Waals surface area contributed by atoms with Gasteiger partial charge in [-0.05, 0) is 56.8 Å². The first kappa shape index (κ1) is 24.0. The zero-order valence-corrected chi connectivity index (χ0v) is 20.0. The van der Waals surface area contributed by atoms with Crippen molar-refractivity contribution in [3.8, 4) is 0 Å². The number of amides is 1. The second kappa shape index (κ2) is 10.4. The van der Waals surface area contributed by atoms with Crippen LogP contribution in [0.4, 0.5) is 5.69 Å². The molecule has 3 aromatic rings. The summed E-state index contributed by atoms with van der Waals surface area (Å²) in [6.07, 6.45) is 1.84. The molecule has 1 saturated heterocycles. The van der Waals surface area contributed by atoms with Crippen molar-refractivity contribution in [2.24, 2.45) is 0 Å². The predicted molar refractivity (Wildman–Crippen MR) is 132 cm³/mol. The van der Waals surface area contributed by atoms with E-state index >= 15 is 0 Å². The van der Waals surface area contributed by atoms with Gasteiger partial charge in [-0.1, -0.05) is 12.1 Å². The lowest BCUT2D eigenvalue weighted by atomic mass is 10.1. The largest absolute Gasteiger partial charge is 0.352 e. The Morgan fingerprint density at radius 2 is 1.74 bits per heavy atom. The Balaban J connectivity index is 1.35. The molecule has 1 aromatic heterocycles. The molecule has 0 radical (unpaired) electrons. The summed E-state index contributed by atoms with van der Waals surface area (Å²) in [5, 5.41) is 2.89. The molecule has 11 heteroatoms. The van der Waals surface area contributed by atoms with E-state index in [-0.39, 0.29) is 22.1 Å². The van der Waals surface area contributed by atoms with Crippen LogP contribution < -0.4 is 15.7 Å². The van der Waals surface area contributed by atoms with Crippen LogP contribution >= 0.6 is 0 Å². The topological polar surface area (TPSA) is 130 Å². The van der Waals surface area contributed by atoms with E-state index in [1.165, 1.54) is 18.2 Å². The summed E-state index contributed by atoms with van der Waals surface area (Å²) >= 11 is 0. The highest BCUT2D eigenvalue weighted by Crippen LogP contribution is 2.22. The third-order valence-corrected chi connectivity index (χ3v) is 7.36. The van der Waals surface area contributed by atoms with Gasteiger partial charge in [-0.2, -0.15) is 0 Å². The number of aromatic amines is 2. The van der Waals surface area contributed by atoms with E-state index in [9.17, 15) is 18.0 Å². The highest BCUT2D eigenvalue weighted by molar-refractivity contribution is 7.92. The van der Waals surface area contributed by atoms with Crippen molar-refractivity contribution < 1.29 is 13.2 Å². The van der Waals surface area contributed by atoms with Gasteiger partial charge < -0.3 is 25.1 Å². The van der Waals surface area contributed by atoms with Crippen LogP contribution in [0.25, 0.3) is 11.0 Å². The first-order chi connectivity index (χ1) is 16.3. The minimum atomic E-state index is -3.97. The van der Waals surface area contributed by atoms with Crippen molar-refractivity contribution in [1.29, 1.82) is 0 Å². The number of anilines is 1. The number of H-pyrrole nitrogens is 2. The maximum Gasteiger partial charge on any atom is 0.323 e. The number of nitrogens with zero attached hydrogens (tertiary/aromatic N) is 2. The van der Waals surface area contributed by atoms with E-state index in [0.717, 1.165) is 45.6 Å². The lowest BCUT2D eigenvalue weighted by molar-refractivity contribution is 0.0952. The van der Waals surface area contributed by atoms with Crippen molar-refractivity contribution >= 4 is 32.7 Å². The number of benzene rings is 2. The van der Waals surface area contributed by atoms with Crippen LogP contribution in [0.1, 0.15) is 23.2 Å². The molecule has 182 valence electrons. The molecule has 10 nitrogen and oxygen atoms in total. The van der Waals surface area contributed by atoms with Crippen LogP contribution in [-0.4, -0.2) is 80.4 Å². The Bertz CT molecular complexity index is 1310. The van der Waals surface area contributed by atoms with E-state index in [0.29, 0.717) is 17.6 Å². The van der Waals surface area contributed by atoms with Crippen LogP contribution in [0.3, 0.4) is 0 Å². The molecule has 4 rings (SSSR count). The van der Waals surface area contributed by atoms with Gasteiger partial charge in [-0.25, -0.2) is 13.2 Å². The molecule has 0 spiro atoms. The predicted octanol–water partition coefficient (Wildman–Crippen LogP) is 1.41. The zero-order valence-electron chi connectivity index (χ0n) is 19.1. The van der Waals surface area contributed by atoms with Gasteiger partial charge in [-0.3, -0.25) is 9.52 Å². The number of unbranched alkanes of at least 4 members (excludes halogenated alkanes) is 1. The van der Waals surface area contributed by atoms with Gasteiger partial charge in [0.2, 0.25) is 0 Å². The lowest BCUT2D eigenvalue weighted by Gasteiger charge is -2.32. The molecule has 0 saturated carbocycles. The third kappa shape index (κ3) is 5.85. The summed E-state index contributed by atoms with van der Waals surface area (Å²) in [6, 6.07) is 10.8. The summed E-state index contributed by atoms with van der Waals surface area (Å²) < 4.78 is 28.4. The second-order valence-electron chi connectivity index (χ2n) is 8.55. The monoisotopic (exact) mass is 486 g/mol.